The van der Waals surface area contributed by atoms with Gasteiger partial charge in [0.25, 0.3) is 0 Å². The molecule has 0 spiro atoms. The van der Waals surface area contributed by atoms with Gasteiger partial charge in [-0.3, -0.25) is 0 Å². The van der Waals surface area contributed by atoms with Crippen LogP contribution >= 0.6 is 0 Å². The zero-order chi connectivity index (χ0) is 10.8. The summed E-state index contributed by atoms with van der Waals surface area (Å²) in [6.45, 7) is 5.23. The Morgan fingerprint density at radius 2 is 2.20 bits per heavy atom. The summed E-state index contributed by atoms with van der Waals surface area (Å²) in [7, 11) is 0. The van der Waals surface area contributed by atoms with E-state index in [9.17, 15) is 0 Å². The lowest BCUT2D eigenvalue weighted by Gasteiger charge is -2.04. The van der Waals surface area contributed by atoms with Crippen molar-refractivity contribution in [3.8, 4) is 0 Å². The predicted molar refractivity (Wildman–Crippen MR) is 63.8 cm³/mol. The third-order valence-electron chi connectivity index (χ3n) is 2.76. The molecule has 1 heterocycles. The minimum Gasteiger partial charge on any atom is -0.398 e. The van der Waals surface area contributed by atoms with Crippen molar-refractivity contribution in [2.75, 3.05) is 5.73 Å². The number of hydrogen-bond acceptors (Lipinski definition) is 2. The highest BCUT2D eigenvalue weighted by molar-refractivity contribution is 5.80. The van der Waals surface area contributed by atoms with Crippen LogP contribution in [0, 0.1) is 6.92 Å². The number of unbranched alkanes of at least 4 members (excludes halogenated alkanes) is 1. The van der Waals surface area contributed by atoms with Crippen molar-refractivity contribution in [2.45, 2.75) is 33.2 Å². The number of nitrogen functional groups attached to an aromatic ring is 1. The Bertz CT molecular complexity index is 471. The molecule has 0 amide bonds. The van der Waals surface area contributed by atoms with Crippen LogP contribution in [0.1, 0.15) is 25.3 Å². The van der Waals surface area contributed by atoms with Gasteiger partial charge in [-0.15, -0.1) is 0 Å². The zero-order valence-corrected chi connectivity index (χ0v) is 9.33. The van der Waals surface area contributed by atoms with Gasteiger partial charge in [0.15, 0.2) is 0 Å². The van der Waals surface area contributed by atoms with Gasteiger partial charge in [-0.2, -0.15) is 0 Å². The minimum absolute atomic E-state index is 0.848. The molecule has 15 heavy (non-hydrogen) atoms. The maximum absolute atomic E-state index is 5.90. The standard InChI is InChI=1S/C12H17N3/c1-3-4-5-15-8-14-11-6-9(2)10(13)7-12(11)15/h6-8H,3-5,13H2,1-2H3. The zero-order valence-electron chi connectivity index (χ0n) is 9.33. The number of rotatable bonds is 3. The summed E-state index contributed by atoms with van der Waals surface area (Å²) in [6.07, 6.45) is 4.28. The van der Waals surface area contributed by atoms with Crippen molar-refractivity contribution >= 4 is 16.7 Å². The maximum atomic E-state index is 5.90. The molecule has 0 fully saturated rings. The van der Waals surface area contributed by atoms with E-state index in [1.807, 2.05) is 25.4 Å². The quantitative estimate of drug-likeness (QED) is 0.779. The lowest BCUT2D eigenvalue weighted by Crippen LogP contribution is -1.96. The van der Waals surface area contributed by atoms with Gasteiger partial charge in [-0.1, -0.05) is 13.3 Å². The number of aromatic nitrogens is 2. The molecule has 2 N–H and O–H groups in total. The van der Waals surface area contributed by atoms with E-state index in [-0.39, 0.29) is 0 Å². The number of hydrogen-bond donors (Lipinski definition) is 1. The van der Waals surface area contributed by atoms with Gasteiger partial charge in [-0.05, 0) is 31.0 Å². The smallest absolute Gasteiger partial charge is 0.0958 e. The van der Waals surface area contributed by atoms with E-state index in [1.54, 1.807) is 0 Å². The summed E-state index contributed by atoms with van der Waals surface area (Å²) in [5, 5.41) is 0. The summed E-state index contributed by atoms with van der Waals surface area (Å²) in [4.78, 5) is 4.38. The first-order valence-corrected chi connectivity index (χ1v) is 5.43. The first-order chi connectivity index (χ1) is 7.22. The highest BCUT2D eigenvalue weighted by Gasteiger charge is 2.04. The van der Waals surface area contributed by atoms with Gasteiger partial charge in [0.2, 0.25) is 0 Å². The van der Waals surface area contributed by atoms with Crippen LogP contribution in [0.4, 0.5) is 5.69 Å². The molecule has 0 aliphatic rings. The Kier molecular flexibility index (Phi) is 2.62. The average molecular weight is 203 g/mol. The van der Waals surface area contributed by atoms with Crippen LogP contribution in [0.15, 0.2) is 18.5 Å². The fraction of sp³-hybridized carbons (Fsp3) is 0.417. The largest absolute Gasteiger partial charge is 0.398 e. The normalized spacial score (nSPS) is 11.1. The third-order valence-corrected chi connectivity index (χ3v) is 2.76. The van der Waals surface area contributed by atoms with Crippen LogP contribution in [-0.4, -0.2) is 9.55 Å². The second-order valence-electron chi connectivity index (χ2n) is 3.99. The molecule has 0 bridgehead atoms. The summed E-state index contributed by atoms with van der Waals surface area (Å²) in [5.41, 5.74) is 10.0. The second-order valence-corrected chi connectivity index (χ2v) is 3.99. The molecular weight excluding hydrogens is 186 g/mol. The number of anilines is 1. The van der Waals surface area contributed by atoms with E-state index in [4.69, 9.17) is 5.73 Å². The Labute approximate surface area is 89.9 Å². The summed E-state index contributed by atoms with van der Waals surface area (Å²) < 4.78 is 2.18. The third kappa shape index (κ3) is 1.82. The van der Waals surface area contributed by atoms with Crippen molar-refractivity contribution in [3.05, 3.63) is 24.0 Å². The Balaban J connectivity index is 2.45. The minimum atomic E-state index is 0.848. The first kappa shape index (κ1) is 10.0. The molecule has 80 valence electrons. The highest BCUT2D eigenvalue weighted by atomic mass is 15.0. The van der Waals surface area contributed by atoms with E-state index < -0.39 is 0 Å². The summed E-state index contributed by atoms with van der Waals surface area (Å²) >= 11 is 0. The molecule has 0 saturated carbocycles. The fourth-order valence-electron chi connectivity index (χ4n) is 1.73. The first-order valence-electron chi connectivity index (χ1n) is 5.43. The molecule has 1 aromatic heterocycles. The van der Waals surface area contributed by atoms with E-state index in [0.717, 1.165) is 28.8 Å². The molecule has 0 aliphatic heterocycles. The Morgan fingerprint density at radius 3 is 2.93 bits per heavy atom. The van der Waals surface area contributed by atoms with Crippen molar-refractivity contribution in [1.82, 2.24) is 9.55 Å². The van der Waals surface area contributed by atoms with Gasteiger partial charge in [-0.25, -0.2) is 4.98 Å². The monoisotopic (exact) mass is 203 g/mol. The number of fused-ring (bicyclic) bond motifs is 1. The van der Waals surface area contributed by atoms with Crippen LogP contribution < -0.4 is 5.73 Å². The molecule has 2 aromatic rings. The molecule has 0 radical (unpaired) electrons. The SMILES string of the molecule is CCCCn1cnc2cc(C)c(N)cc21. The van der Waals surface area contributed by atoms with Crippen molar-refractivity contribution in [2.24, 2.45) is 0 Å². The number of aryl methyl sites for hydroxylation is 2. The summed E-state index contributed by atoms with van der Waals surface area (Å²) in [5.74, 6) is 0. The van der Waals surface area contributed by atoms with Crippen LogP contribution in [0.5, 0.6) is 0 Å². The van der Waals surface area contributed by atoms with Crippen molar-refractivity contribution in [1.29, 1.82) is 0 Å². The van der Waals surface area contributed by atoms with Crippen LogP contribution in [-0.2, 0) is 6.54 Å². The van der Waals surface area contributed by atoms with Crippen LogP contribution in [0.25, 0.3) is 11.0 Å². The molecule has 0 unspecified atom stereocenters. The number of nitrogens with two attached hydrogens (primary N) is 1. The average Bonchev–Trinajstić information content (AvgIpc) is 2.59. The lowest BCUT2D eigenvalue weighted by atomic mass is 10.2. The fourth-order valence-corrected chi connectivity index (χ4v) is 1.73. The predicted octanol–water partition coefficient (Wildman–Crippen LogP) is 2.73. The molecule has 0 saturated heterocycles. The number of nitrogens with zero attached hydrogens (tertiary/aromatic N) is 2. The van der Waals surface area contributed by atoms with Gasteiger partial charge in [0, 0.05) is 12.2 Å². The molecule has 1 aromatic carbocycles. The van der Waals surface area contributed by atoms with Crippen molar-refractivity contribution < 1.29 is 0 Å². The van der Waals surface area contributed by atoms with Crippen LogP contribution in [0.2, 0.25) is 0 Å². The molecule has 3 heteroatoms. The highest BCUT2D eigenvalue weighted by Crippen LogP contribution is 2.20. The van der Waals surface area contributed by atoms with Gasteiger partial charge < -0.3 is 10.3 Å². The maximum Gasteiger partial charge on any atom is 0.0958 e. The molecule has 0 aliphatic carbocycles. The van der Waals surface area contributed by atoms with E-state index in [1.165, 1.54) is 12.8 Å². The molecule has 0 atom stereocenters. The molecular formula is C12H17N3. The van der Waals surface area contributed by atoms with Gasteiger partial charge >= 0.3 is 0 Å². The molecule has 3 nitrogen and oxygen atoms in total. The van der Waals surface area contributed by atoms with Crippen LogP contribution in [0.3, 0.4) is 0 Å². The second kappa shape index (κ2) is 3.93. The van der Waals surface area contributed by atoms with E-state index in [0.29, 0.717) is 0 Å². The van der Waals surface area contributed by atoms with Gasteiger partial charge in [0.1, 0.15) is 0 Å². The Morgan fingerprint density at radius 1 is 1.40 bits per heavy atom. The lowest BCUT2D eigenvalue weighted by molar-refractivity contribution is 0.646. The van der Waals surface area contributed by atoms with E-state index >= 15 is 0 Å². The molecule has 2 rings (SSSR count). The topological polar surface area (TPSA) is 43.8 Å². The number of benzene rings is 1. The van der Waals surface area contributed by atoms with Gasteiger partial charge in [0.05, 0.1) is 17.4 Å². The number of imidazole rings is 1. The Hall–Kier alpha value is -1.51. The van der Waals surface area contributed by atoms with E-state index in [2.05, 4.69) is 16.5 Å². The summed E-state index contributed by atoms with van der Waals surface area (Å²) in [6, 6.07) is 4.07. The van der Waals surface area contributed by atoms with Crippen molar-refractivity contribution in [3.63, 3.8) is 0 Å².